The van der Waals surface area contributed by atoms with Crippen molar-refractivity contribution in [2.24, 2.45) is 11.1 Å². The zero-order valence-corrected chi connectivity index (χ0v) is 13.1. The summed E-state index contributed by atoms with van der Waals surface area (Å²) in [7, 11) is -8.61. The van der Waals surface area contributed by atoms with E-state index in [1.54, 1.807) is 6.92 Å². The third kappa shape index (κ3) is 1.93. The zero-order chi connectivity index (χ0) is 15.5. The third-order valence-electron chi connectivity index (χ3n) is 3.48. The first-order valence-corrected chi connectivity index (χ1v) is 9.47. The summed E-state index contributed by atoms with van der Waals surface area (Å²) in [5.74, 6) is -1.72. The fraction of sp³-hybridized carbons (Fsp3) is 0.500. The van der Waals surface area contributed by atoms with Gasteiger partial charge in [0.15, 0.2) is 4.24 Å². The highest BCUT2D eigenvalue weighted by Crippen LogP contribution is 2.58. The molecule has 10 heteroatoms. The minimum absolute atomic E-state index is 0.210. The molecule has 2 rings (SSSR count). The summed E-state index contributed by atoms with van der Waals surface area (Å²) in [6.07, 6.45) is 1.37. The fourth-order valence-electron chi connectivity index (χ4n) is 2.46. The molecule has 2 heterocycles. The van der Waals surface area contributed by atoms with Crippen LogP contribution in [-0.4, -0.2) is 32.7 Å². The Hall–Kier alpha value is -0.840. The molecule has 0 aromatic rings. The van der Waals surface area contributed by atoms with Gasteiger partial charge in [-0.2, -0.15) is 0 Å². The van der Waals surface area contributed by atoms with Gasteiger partial charge in [0.25, 0.3) is 0 Å². The molecule has 0 spiro atoms. The molecule has 2 aliphatic rings. The van der Waals surface area contributed by atoms with Crippen molar-refractivity contribution in [1.82, 2.24) is 0 Å². The van der Waals surface area contributed by atoms with Gasteiger partial charge in [-0.1, -0.05) is 18.7 Å². The molecule has 0 fully saturated rings. The first-order valence-electron chi connectivity index (χ1n) is 5.62. The summed E-state index contributed by atoms with van der Waals surface area (Å²) in [6.45, 7) is 3.16. The van der Waals surface area contributed by atoms with Gasteiger partial charge in [-0.05, 0) is 25.0 Å². The second-order valence-electron chi connectivity index (χ2n) is 4.73. The van der Waals surface area contributed by atoms with Gasteiger partial charge in [0, 0.05) is 5.92 Å². The second kappa shape index (κ2) is 4.33. The number of primary sulfonamides is 1. The van der Waals surface area contributed by atoms with Crippen molar-refractivity contribution in [3.8, 4) is 0 Å². The molecule has 0 saturated heterocycles. The predicted molar refractivity (Wildman–Crippen MR) is 74.5 cm³/mol. The molecule has 7 nitrogen and oxygen atoms in total. The molecule has 3 N–H and O–H groups in total. The van der Waals surface area contributed by atoms with E-state index in [2.05, 4.69) is 0 Å². The lowest BCUT2D eigenvalue weighted by Gasteiger charge is -2.27. The van der Waals surface area contributed by atoms with Crippen LogP contribution >= 0.6 is 11.8 Å². The summed E-state index contributed by atoms with van der Waals surface area (Å²) in [5, 5.41) is 14.2. The molecule has 0 radical (unpaired) electrons. The Balaban J connectivity index is 2.65. The van der Waals surface area contributed by atoms with E-state index >= 15 is 0 Å². The summed E-state index contributed by atoms with van der Waals surface area (Å²) in [6, 6.07) is 0. The van der Waals surface area contributed by atoms with E-state index in [9.17, 15) is 26.7 Å². The Morgan fingerprint density at radius 3 is 2.50 bits per heavy atom. The third-order valence-corrected chi connectivity index (χ3v) is 9.09. The molecular weight excluding hydrogens is 326 g/mol. The van der Waals surface area contributed by atoms with Gasteiger partial charge in [0.05, 0.1) is 0 Å². The zero-order valence-electron chi connectivity index (χ0n) is 10.7. The van der Waals surface area contributed by atoms with Gasteiger partial charge in [-0.3, -0.25) is 4.79 Å². The van der Waals surface area contributed by atoms with Crippen LogP contribution in [0.5, 0.6) is 0 Å². The number of carboxylic acid groups (broad SMARTS) is 1. The van der Waals surface area contributed by atoms with Crippen molar-refractivity contribution in [3.05, 3.63) is 20.1 Å². The highest BCUT2D eigenvalue weighted by atomic mass is 32.3. The number of rotatable bonds is 3. The molecule has 2 atom stereocenters. The SMILES string of the molecule is CCC1C2=C(SC1(C)C(=O)O)S(=O)(=O)C(S(N)(=O)=O)=C2. The Morgan fingerprint density at radius 1 is 1.55 bits per heavy atom. The average molecular weight is 339 g/mol. The topological polar surface area (TPSA) is 132 Å². The van der Waals surface area contributed by atoms with Crippen molar-refractivity contribution in [3.63, 3.8) is 0 Å². The number of thioether (sulfide) groups is 1. The summed E-state index contributed by atoms with van der Waals surface area (Å²) in [5.41, 5.74) is 0.228. The Bertz CT molecular complexity index is 761. The maximum Gasteiger partial charge on any atom is 0.320 e. The summed E-state index contributed by atoms with van der Waals surface area (Å²) in [4.78, 5) is 11.4. The highest BCUT2D eigenvalue weighted by Gasteiger charge is 2.56. The molecule has 2 unspecified atom stereocenters. The lowest BCUT2D eigenvalue weighted by molar-refractivity contribution is -0.140. The molecule has 0 aromatic carbocycles. The molecule has 20 heavy (non-hydrogen) atoms. The molecule has 112 valence electrons. The maximum absolute atomic E-state index is 12.2. The molecule has 0 aromatic heterocycles. The van der Waals surface area contributed by atoms with Crippen molar-refractivity contribution >= 4 is 37.6 Å². The average Bonchev–Trinajstić information content (AvgIpc) is 2.70. The van der Waals surface area contributed by atoms with E-state index in [1.165, 1.54) is 6.92 Å². The Morgan fingerprint density at radius 2 is 2.10 bits per heavy atom. The van der Waals surface area contributed by atoms with Crippen LogP contribution in [0.25, 0.3) is 0 Å². The lowest BCUT2D eigenvalue weighted by Crippen LogP contribution is -2.37. The molecule has 0 aliphatic carbocycles. The van der Waals surface area contributed by atoms with Crippen LogP contribution in [0.15, 0.2) is 20.1 Å². The van der Waals surface area contributed by atoms with E-state index in [4.69, 9.17) is 5.14 Å². The fourth-order valence-corrected chi connectivity index (χ4v) is 7.82. The van der Waals surface area contributed by atoms with Gasteiger partial charge in [-0.15, -0.1) is 0 Å². The van der Waals surface area contributed by atoms with Crippen LogP contribution in [0.4, 0.5) is 0 Å². The number of sulfonamides is 1. The number of allylic oxidation sites excluding steroid dienone is 2. The van der Waals surface area contributed by atoms with Crippen molar-refractivity contribution in [2.45, 2.75) is 25.0 Å². The van der Waals surface area contributed by atoms with Gasteiger partial charge in [0.1, 0.15) is 8.98 Å². The lowest BCUT2D eigenvalue weighted by atomic mass is 9.85. The monoisotopic (exact) mass is 339 g/mol. The second-order valence-corrected chi connectivity index (χ2v) is 10.1. The molecular formula is C10H13NO6S3. The van der Waals surface area contributed by atoms with E-state index in [0.29, 0.717) is 18.2 Å². The van der Waals surface area contributed by atoms with Crippen molar-refractivity contribution in [1.29, 1.82) is 0 Å². The standard InChI is InChI=1S/C10H13NO6S3/c1-3-6-5-4-7(20(11,16)17)19(14,15)8(5)18-10(6,2)9(12)13/h4,6H,3H2,1-2H3,(H,12,13)(H2,11,16,17). The smallest absolute Gasteiger partial charge is 0.320 e. The van der Waals surface area contributed by atoms with Gasteiger partial charge < -0.3 is 5.11 Å². The molecule has 0 bridgehead atoms. The van der Waals surface area contributed by atoms with Crippen LogP contribution in [0.3, 0.4) is 0 Å². The van der Waals surface area contributed by atoms with Crippen LogP contribution < -0.4 is 5.14 Å². The molecule has 0 saturated carbocycles. The molecule has 2 aliphatic heterocycles. The number of carboxylic acids is 1. The van der Waals surface area contributed by atoms with Crippen molar-refractivity contribution < 1.29 is 26.7 Å². The van der Waals surface area contributed by atoms with Gasteiger partial charge in [-0.25, -0.2) is 22.0 Å². The van der Waals surface area contributed by atoms with Crippen LogP contribution in [0.1, 0.15) is 20.3 Å². The number of nitrogens with two attached hydrogens (primary N) is 1. The minimum atomic E-state index is -4.37. The highest BCUT2D eigenvalue weighted by molar-refractivity contribution is 8.26. The maximum atomic E-state index is 12.2. The normalized spacial score (nSPS) is 32.1. The molecule has 0 amide bonds. The van der Waals surface area contributed by atoms with Gasteiger partial charge in [0.2, 0.25) is 19.9 Å². The first-order chi connectivity index (χ1) is 8.96. The quantitative estimate of drug-likeness (QED) is 0.759. The number of hydrogen-bond acceptors (Lipinski definition) is 6. The van der Waals surface area contributed by atoms with E-state index in [-0.39, 0.29) is 9.81 Å². The number of aliphatic carboxylic acids is 1. The number of sulfone groups is 1. The van der Waals surface area contributed by atoms with Gasteiger partial charge >= 0.3 is 5.97 Å². The van der Waals surface area contributed by atoms with Crippen LogP contribution in [0.2, 0.25) is 0 Å². The predicted octanol–water partition coefficient (Wildman–Crippen LogP) is 0.373. The summed E-state index contributed by atoms with van der Waals surface area (Å²) >= 11 is 0.671. The van der Waals surface area contributed by atoms with Crippen molar-refractivity contribution in [2.75, 3.05) is 0 Å². The minimum Gasteiger partial charge on any atom is -0.480 e. The van der Waals surface area contributed by atoms with E-state index < -0.39 is 40.7 Å². The van der Waals surface area contributed by atoms with E-state index in [1.807, 2.05) is 0 Å². The van der Waals surface area contributed by atoms with E-state index in [0.717, 1.165) is 6.08 Å². The Kier molecular flexibility index (Phi) is 3.36. The van der Waals surface area contributed by atoms with Crippen LogP contribution in [0, 0.1) is 5.92 Å². The summed E-state index contributed by atoms with van der Waals surface area (Å²) < 4.78 is 44.7. The van der Waals surface area contributed by atoms with Crippen LogP contribution in [-0.2, 0) is 24.7 Å². The number of carbonyl (C=O) groups is 1. The number of hydrogen-bond donors (Lipinski definition) is 2. The first kappa shape index (κ1) is 15.5. The largest absolute Gasteiger partial charge is 0.480 e. The Labute approximate surface area is 120 Å².